The van der Waals surface area contributed by atoms with Crippen molar-refractivity contribution in [2.24, 2.45) is 0 Å². The number of amides is 1. The second-order valence-corrected chi connectivity index (χ2v) is 6.59. The lowest BCUT2D eigenvalue weighted by Gasteiger charge is -2.38. The number of ether oxygens (including phenoxy) is 1. The summed E-state index contributed by atoms with van der Waals surface area (Å²) in [6.45, 7) is 0.418. The van der Waals surface area contributed by atoms with E-state index in [2.05, 4.69) is 5.32 Å². The molecule has 140 valence electrons. The van der Waals surface area contributed by atoms with Crippen molar-refractivity contribution in [2.75, 3.05) is 12.4 Å². The molecule has 3 aromatic carbocycles. The molecule has 28 heavy (non-hydrogen) atoms. The molecular formula is C23H20N2O3. The van der Waals surface area contributed by atoms with Gasteiger partial charge in [-0.3, -0.25) is 4.79 Å². The van der Waals surface area contributed by atoms with Crippen molar-refractivity contribution in [1.29, 1.82) is 0 Å². The van der Waals surface area contributed by atoms with Gasteiger partial charge in [-0.1, -0.05) is 60.7 Å². The van der Waals surface area contributed by atoms with Crippen molar-refractivity contribution in [3.63, 3.8) is 0 Å². The van der Waals surface area contributed by atoms with Gasteiger partial charge in [0, 0.05) is 17.8 Å². The molecule has 0 aromatic heterocycles. The normalized spacial score (nSPS) is 15.5. The lowest BCUT2D eigenvalue weighted by molar-refractivity contribution is 0.0584. The maximum absolute atomic E-state index is 13.3. The van der Waals surface area contributed by atoms with E-state index in [1.807, 2.05) is 66.7 Å². The molecule has 4 rings (SSSR count). The lowest BCUT2D eigenvalue weighted by atomic mass is 9.99. The Balaban J connectivity index is 1.81. The van der Waals surface area contributed by atoms with Crippen LogP contribution in [0.4, 0.5) is 5.69 Å². The maximum Gasteiger partial charge on any atom is 0.338 e. The Morgan fingerprint density at radius 3 is 2.43 bits per heavy atom. The first-order chi connectivity index (χ1) is 13.7. The second kappa shape index (κ2) is 7.56. The van der Waals surface area contributed by atoms with Gasteiger partial charge in [-0.25, -0.2) is 4.79 Å². The van der Waals surface area contributed by atoms with E-state index in [1.165, 1.54) is 7.11 Å². The molecule has 0 unspecified atom stereocenters. The molecule has 1 atom stereocenters. The highest BCUT2D eigenvalue weighted by Crippen LogP contribution is 2.35. The summed E-state index contributed by atoms with van der Waals surface area (Å²) in [5.74, 6) is -0.508. The van der Waals surface area contributed by atoms with Crippen molar-refractivity contribution >= 4 is 17.6 Å². The average molecular weight is 372 g/mol. The van der Waals surface area contributed by atoms with E-state index < -0.39 is 12.1 Å². The first kappa shape index (κ1) is 17.8. The predicted octanol–water partition coefficient (Wildman–Crippen LogP) is 4.24. The standard InChI is InChI=1S/C23H20N2O3/c1-28-23(27)18-12-6-5-11-17(18)21-24-20-14-8-7-13-19(20)22(26)25(21)15-16-9-3-2-4-10-16/h2-14,21,24H,15H2,1H3/t21-/m0/s1. The number of rotatable bonds is 4. The molecule has 1 aliphatic heterocycles. The van der Waals surface area contributed by atoms with Crippen LogP contribution in [0.2, 0.25) is 0 Å². The number of hydrogen-bond donors (Lipinski definition) is 1. The SMILES string of the molecule is COC(=O)c1ccccc1[C@H]1Nc2ccccc2C(=O)N1Cc1ccccc1. The van der Waals surface area contributed by atoms with E-state index in [-0.39, 0.29) is 5.91 Å². The molecule has 0 spiro atoms. The van der Waals surface area contributed by atoms with Crippen LogP contribution in [0.25, 0.3) is 0 Å². The minimum Gasteiger partial charge on any atom is -0.465 e. The van der Waals surface area contributed by atoms with E-state index in [0.717, 1.165) is 11.3 Å². The summed E-state index contributed by atoms with van der Waals surface area (Å²) < 4.78 is 4.95. The smallest absolute Gasteiger partial charge is 0.338 e. The molecule has 0 fully saturated rings. The summed E-state index contributed by atoms with van der Waals surface area (Å²) in [6, 6.07) is 24.4. The molecule has 1 heterocycles. The van der Waals surface area contributed by atoms with Gasteiger partial charge in [-0.05, 0) is 23.8 Å². The fraction of sp³-hybridized carbons (Fsp3) is 0.130. The van der Waals surface area contributed by atoms with Crippen LogP contribution < -0.4 is 5.32 Å². The summed E-state index contributed by atoms with van der Waals surface area (Å²) >= 11 is 0. The number of carbonyl (C=O) groups excluding carboxylic acids is 2. The Labute approximate surface area is 163 Å². The minimum atomic E-state index is -0.488. The van der Waals surface area contributed by atoms with Crippen molar-refractivity contribution in [2.45, 2.75) is 12.7 Å². The van der Waals surface area contributed by atoms with Crippen molar-refractivity contribution in [1.82, 2.24) is 4.90 Å². The van der Waals surface area contributed by atoms with Crippen LogP contribution in [0.1, 0.15) is 38.0 Å². The Morgan fingerprint density at radius 2 is 1.64 bits per heavy atom. The number of esters is 1. The van der Waals surface area contributed by atoms with Gasteiger partial charge in [0.2, 0.25) is 0 Å². The third-order valence-electron chi connectivity index (χ3n) is 4.88. The van der Waals surface area contributed by atoms with Gasteiger partial charge < -0.3 is 15.0 Å². The van der Waals surface area contributed by atoms with Crippen LogP contribution in [-0.4, -0.2) is 23.9 Å². The van der Waals surface area contributed by atoms with Crippen LogP contribution in [0.5, 0.6) is 0 Å². The van der Waals surface area contributed by atoms with Gasteiger partial charge in [0.15, 0.2) is 0 Å². The average Bonchev–Trinajstić information content (AvgIpc) is 2.76. The zero-order chi connectivity index (χ0) is 19.5. The van der Waals surface area contributed by atoms with Gasteiger partial charge in [-0.15, -0.1) is 0 Å². The highest BCUT2D eigenvalue weighted by atomic mass is 16.5. The maximum atomic E-state index is 13.3. The highest BCUT2D eigenvalue weighted by molar-refractivity contribution is 6.02. The van der Waals surface area contributed by atoms with Gasteiger partial charge in [-0.2, -0.15) is 0 Å². The first-order valence-corrected chi connectivity index (χ1v) is 9.06. The van der Waals surface area contributed by atoms with Crippen molar-refractivity contribution in [3.05, 3.63) is 101 Å². The summed E-state index contributed by atoms with van der Waals surface area (Å²) in [7, 11) is 1.36. The quantitative estimate of drug-likeness (QED) is 0.696. The first-order valence-electron chi connectivity index (χ1n) is 9.06. The third kappa shape index (κ3) is 3.22. The Hall–Kier alpha value is -3.60. The zero-order valence-corrected chi connectivity index (χ0v) is 15.5. The molecule has 5 heteroatoms. The fourth-order valence-corrected chi connectivity index (χ4v) is 3.51. The monoisotopic (exact) mass is 372 g/mol. The fourth-order valence-electron chi connectivity index (χ4n) is 3.51. The molecule has 1 amide bonds. The number of fused-ring (bicyclic) bond motifs is 1. The molecule has 0 saturated carbocycles. The van der Waals surface area contributed by atoms with Gasteiger partial charge in [0.05, 0.1) is 18.2 Å². The van der Waals surface area contributed by atoms with Crippen LogP contribution >= 0.6 is 0 Å². The topological polar surface area (TPSA) is 58.6 Å². The van der Waals surface area contributed by atoms with E-state index in [9.17, 15) is 9.59 Å². The summed E-state index contributed by atoms with van der Waals surface area (Å²) in [6.07, 6.45) is -0.488. The number of nitrogens with one attached hydrogen (secondary N) is 1. The van der Waals surface area contributed by atoms with E-state index in [4.69, 9.17) is 4.74 Å². The predicted molar refractivity (Wildman–Crippen MR) is 107 cm³/mol. The van der Waals surface area contributed by atoms with Crippen LogP contribution in [0.15, 0.2) is 78.9 Å². The second-order valence-electron chi connectivity index (χ2n) is 6.59. The molecule has 3 aromatic rings. The zero-order valence-electron chi connectivity index (χ0n) is 15.5. The molecule has 1 aliphatic rings. The number of methoxy groups -OCH3 is 1. The number of nitrogens with zero attached hydrogens (tertiary/aromatic N) is 1. The molecule has 0 saturated heterocycles. The lowest BCUT2D eigenvalue weighted by Crippen LogP contribution is -2.43. The molecular weight excluding hydrogens is 352 g/mol. The summed E-state index contributed by atoms with van der Waals surface area (Å²) in [5.41, 5.74) is 3.52. The van der Waals surface area contributed by atoms with Gasteiger partial charge >= 0.3 is 5.97 Å². The Morgan fingerprint density at radius 1 is 0.964 bits per heavy atom. The van der Waals surface area contributed by atoms with Gasteiger partial charge in [0.1, 0.15) is 6.17 Å². The van der Waals surface area contributed by atoms with Crippen LogP contribution in [0, 0.1) is 0 Å². The summed E-state index contributed by atoms with van der Waals surface area (Å²) in [5, 5.41) is 3.43. The number of anilines is 1. The Kier molecular flexibility index (Phi) is 4.81. The summed E-state index contributed by atoms with van der Waals surface area (Å²) in [4.78, 5) is 27.4. The van der Waals surface area contributed by atoms with Crippen molar-refractivity contribution < 1.29 is 14.3 Å². The van der Waals surface area contributed by atoms with Crippen LogP contribution in [-0.2, 0) is 11.3 Å². The van der Waals surface area contributed by atoms with E-state index in [0.29, 0.717) is 23.2 Å². The van der Waals surface area contributed by atoms with Gasteiger partial charge in [0.25, 0.3) is 5.91 Å². The number of para-hydroxylation sites is 1. The van der Waals surface area contributed by atoms with Crippen LogP contribution in [0.3, 0.4) is 0 Å². The molecule has 1 N–H and O–H groups in total. The Bertz CT molecular complexity index is 1020. The number of benzene rings is 3. The molecule has 0 bridgehead atoms. The number of carbonyl (C=O) groups is 2. The highest BCUT2D eigenvalue weighted by Gasteiger charge is 2.34. The third-order valence-corrected chi connectivity index (χ3v) is 4.88. The number of hydrogen-bond acceptors (Lipinski definition) is 4. The van der Waals surface area contributed by atoms with Crippen molar-refractivity contribution in [3.8, 4) is 0 Å². The largest absolute Gasteiger partial charge is 0.465 e. The molecule has 0 aliphatic carbocycles. The molecule has 5 nitrogen and oxygen atoms in total. The van der Waals surface area contributed by atoms with E-state index >= 15 is 0 Å². The van der Waals surface area contributed by atoms with E-state index in [1.54, 1.807) is 17.0 Å². The molecule has 0 radical (unpaired) electrons. The minimum absolute atomic E-state index is 0.0807.